The van der Waals surface area contributed by atoms with Gasteiger partial charge in [-0.15, -0.1) is 0 Å². The van der Waals surface area contributed by atoms with Crippen LogP contribution in [0.5, 0.6) is 0 Å². The van der Waals surface area contributed by atoms with Gasteiger partial charge in [-0.2, -0.15) is 0 Å². The zero-order chi connectivity index (χ0) is 17.1. The Hall–Kier alpha value is -2.62. The first-order valence-corrected chi connectivity index (χ1v) is 8.25. The fourth-order valence-electron chi connectivity index (χ4n) is 2.62. The van der Waals surface area contributed by atoms with Crippen LogP contribution in [0.2, 0.25) is 0 Å². The minimum Gasteiger partial charge on any atom is -0.349 e. The molecule has 0 radical (unpaired) electrons. The zero-order valence-corrected chi connectivity index (χ0v) is 14.1. The van der Waals surface area contributed by atoms with Crippen molar-refractivity contribution in [3.8, 4) is 0 Å². The molecule has 2 aromatic carbocycles. The van der Waals surface area contributed by atoms with Crippen molar-refractivity contribution in [2.75, 3.05) is 7.05 Å². The minimum absolute atomic E-state index is 0.00338. The Morgan fingerprint density at radius 3 is 2.38 bits per heavy atom. The number of amides is 2. The maximum Gasteiger partial charge on any atom is 0.254 e. The van der Waals surface area contributed by atoms with Crippen molar-refractivity contribution in [3.05, 3.63) is 70.8 Å². The van der Waals surface area contributed by atoms with Gasteiger partial charge in [0.2, 0.25) is 0 Å². The molecule has 0 atom stereocenters. The van der Waals surface area contributed by atoms with Gasteiger partial charge in [0.15, 0.2) is 0 Å². The van der Waals surface area contributed by atoms with Crippen LogP contribution >= 0.6 is 0 Å². The molecule has 24 heavy (non-hydrogen) atoms. The third-order valence-electron chi connectivity index (χ3n) is 4.27. The Kier molecular flexibility index (Phi) is 4.65. The molecule has 1 fully saturated rings. The van der Waals surface area contributed by atoms with Crippen LogP contribution in [0.25, 0.3) is 0 Å². The lowest BCUT2D eigenvalue weighted by Gasteiger charge is -2.18. The highest BCUT2D eigenvalue weighted by Crippen LogP contribution is 2.19. The van der Waals surface area contributed by atoms with E-state index < -0.39 is 0 Å². The van der Waals surface area contributed by atoms with Crippen molar-refractivity contribution in [2.24, 2.45) is 0 Å². The molecule has 1 saturated carbocycles. The summed E-state index contributed by atoms with van der Waals surface area (Å²) in [5.41, 5.74) is 3.36. The smallest absolute Gasteiger partial charge is 0.254 e. The summed E-state index contributed by atoms with van der Waals surface area (Å²) in [6.07, 6.45) is 2.16. The molecule has 0 unspecified atom stereocenters. The molecule has 3 rings (SSSR count). The van der Waals surface area contributed by atoms with Crippen LogP contribution in [0.1, 0.15) is 44.7 Å². The van der Waals surface area contributed by atoms with Gasteiger partial charge in [0.1, 0.15) is 0 Å². The molecule has 0 heterocycles. The van der Waals surface area contributed by atoms with Crippen LogP contribution in [-0.2, 0) is 6.54 Å². The molecule has 0 bridgehead atoms. The maximum absolute atomic E-state index is 12.5. The number of carbonyl (C=O) groups excluding carboxylic acids is 2. The van der Waals surface area contributed by atoms with Crippen molar-refractivity contribution in [1.29, 1.82) is 0 Å². The van der Waals surface area contributed by atoms with E-state index in [4.69, 9.17) is 0 Å². The minimum atomic E-state index is -0.0200. The Morgan fingerprint density at radius 2 is 1.75 bits per heavy atom. The third-order valence-corrected chi connectivity index (χ3v) is 4.27. The summed E-state index contributed by atoms with van der Waals surface area (Å²) >= 11 is 0. The van der Waals surface area contributed by atoms with Gasteiger partial charge in [-0.1, -0.05) is 30.3 Å². The normalized spacial score (nSPS) is 13.4. The standard InChI is InChI=1S/C20H22N2O2/c1-14-5-3-4-6-18(14)20(24)22(2)13-15-7-9-16(10-8-15)19(23)21-17-11-12-17/h3-10,17H,11-13H2,1-2H3,(H,21,23). The number of nitrogens with zero attached hydrogens (tertiary/aromatic N) is 1. The number of hydrogen-bond donors (Lipinski definition) is 1. The van der Waals surface area contributed by atoms with Gasteiger partial charge >= 0.3 is 0 Å². The van der Waals surface area contributed by atoms with Crippen LogP contribution in [0.15, 0.2) is 48.5 Å². The van der Waals surface area contributed by atoms with Crippen LogP contribution in [0.3, 0.4) is 0 Å². The highest BCUT2D eigenvalue weighted by atomic mass is 16.2. The highest BCUT2D eigenvalue weighted by Gasteiger charge is 2.23. The second kappa shape index (κ2) is 6.87. The quantitative estimate of drug-likeness (QED) is 0.919. The monoisotopic (exact) mass is 322 g/mol. The Labute approximate surface area is 142 Å². The number of carbonyl (C=O) groups is 2. The number of rotatable bonds is 5. The molecule has 124 valence electrons. The van der Waals surface area contributed by atoms with E-state index in [9.17, 15) is 9.59 Å². The van der Waals surface area contributed by atoms with Crippen LogP contribution in [-0.4, -0.2) is 29.8 Å². The lowest BCUT2D eigenvalue weighted by molar-refractivity contribution is 0.0784. The van der Waals surface area contributed by atoms with E-state index in [1.54, 1.807) is 11.9 Å². The Bertz CT molecular complexity index is 748. The summed E-state index contributed by atoms with van der Waals surface area (Å²) in [7, 11) is 1.79. The van der Waals surface area contributed by atoms with E-state index in [0.717, 1.165) is 29.5 Å². The number of hydrogen-bond acceptors (Lipinski definition) is 2. The fourth-order valence-corrected chi connectivity index (χ4v) is 2.62. The van der Waals surface area contributed by atoms with E-state index >= 15 is 0 Å². The van der Waals surface area contributed by atoms with E-state index in [0.29, 0.717) is 18.2 Å². The second-order valence-corrected chi connectivity index (χ2v) is 6.42. The van der Waals surface area contributed by atoms with Crippen molar-refractivity contribution in [3.63, 3.8) is 0 Å². The zero-order valence-electron chi connectivity index (χ0n) is 14.1. The lowest BCUT2D eigenvalue weighted by atomic mass is 10.1. The van der Waals surface area contributed by atoms with Crippen LogP contribution in [0, 0.1) is 6.92 Å². The molecule has 1 aliphatic carbocycles. The summed E-state index contributed by atoms with van der Waals surface area (Å²) in [5.74, 6) is -0.0166. The Morgan fingerprint density at radius 1 is 1.08 bits per heavy atom. The number of nitrogens with one attached hydrogen (secondary N) is 1. The summed E-state index contributed by atoms with van der Waals surface area (Å²) in [6, 6.07) is 15.4. The van der Waals surface area contributed by atoms with Crippen molar-refractivity contribution < 1.29 is 9.59 Å². The van der Waals surface area contributed by atoms with Gasteiger partial charge in [-0.3, -0.25) is 9.59 Å². The van der Waals surface area contributed by atoms with Crippen molar-refractivity contribution in [1.82, 2.24) is 10.2 Å². The molecule has 0 aliphatic heterocycles. The first-order valence-electron chi connectivity index (χ1n) is 8.25. The van der Waals surface area contributed by atoms with Crippen molar-refractivity contribution >= 4 is 11.8 Å². The predicted octanol–water partition coefficient (Wildman–Crippen LogP) is 3.16. The van der Waals surface area contributed by atoms with Gasteiger partial charge < -0.3 is 10.2 Å². The SMILES string of the molecule is Cc1ccccc1C(=O)N(C)Cc1ccc(C(=O)NC2CC2)cc1. The van der Waals surface area contributed by atoms with E-state index in [1.807, 2.05) is 55.5 Å². The van der Waals surface area contributed by atoms with E-state index in [1.165, 1.54) is 0 Å². The largest absolute Gasteiger partial charge is 0.349 e. The molecule has 4 nitrogen and oxygen atoms in total. The molecule has 4 heteroatoms. The molecule has 2 amide bonds. The van der Waals surface area contributed by atoms with Crippen molar-refractivity contribution in [2.45, 2.75) is 32.4 Å². The molecular weight excluding hydrogens is 300 g/mol. The first kappa shape index (κ1) is 16.2. The average molecular weight is 322 g/mol. The van der Waals surface area contributed by atoms with Gasteiger partial charge in [0.25, 0.3) is 11.8 Å². The number of benzene rings is 2. The summed E-state index contributed by atoms with van der Waals surface area (Å²) < 4.78 is 0. The maximum atomic E-state index is 12.5. The predicted molar refractivity (Wildman–Crippen MR) is 93.9 cm³/mol. The number of aryl methyl sites for hydroxylation is 1. The molecule has 0 aromatic heterocycles. The molecule has 1 N–H and O–H groups in total. The lowest BCUT2D eigenvalue weighted by Crippen LogP contribution is -2.27. The summed E-state index contributed by atoms with van der Waals surface area (Å²) in [6.45, 7) is 2.45. The van der Waals surface area contributed by atoms with Gasteiger partial charge in [0, 0.05) is 30.8 Å². The molecule has 0 spiro atoms. The molecule has 0 saturated heterocycles. The first-order chi connectivity index (χ1) is 11.5. The third kappa shape index (κ3) is 3.82. The highest BCUT2D eigenvalue weighted by molar-refractivity contribution is 5.95. The molecule has 2 aromatic rings. The second-order valence-electron chi connectivity index (χ2n) is 6.42. The van der Waals surface area contributed by atoms with Gasteiger partial charge in [-0.25, -0.2) is 0 Å². The van der Waals surface area contributed by atoms with Gasteiger partial charge in [0.05, 0.1) is 0 Å². The molecule has 1 aliphatic rings. The molecular formula is C20H22N2O2. The topological polar surface area (TPSA) is 49.4 Å². The fraction of sp³-hybridized carbons (Fsp3) is 0.300. The summed E-state index contributed by atoms with van der Waals surface area (Å²) in [5, 5.41) is 2.97. The van der Waals surface area contributed by atoms with Crippen LogP contribution in [0.4, 0.5) is 0 Å². The van der Waals surface area contributed by atoms with E-state index in [2.05, 4.69) is 5.32 Å². The average Bonchev–Trinajstić information content (AvgIpc) is 3.39. The summed E-state index contributed by atoms with van der Waals surface area (Å²) in [4.78, 5) is 26.2. The van der Waals surface area contributed by atoms with Gasteiger partial charge in [-0.05, 0) is 49.1 Å². The Balaban J connectivity index is 1.63. The van der Waals surface area contributed by atoms with E-state index in [-0.39, 0.29) is 11.8 Å². The van der Waals surface area contributed by atoms with Crippen LogP contribution < -0.4 is 5.32 Å².